The molecule has 1 unspecified atom stereocenters. The summed E-state index contributed by atoms with van der Waals surface area (Å²) in [6.07, 6.45) is 1.90. The van der Waals surface area contributed by atoms with Crippen molar-refractivity contribution in [3.05, 3.63) is 12.3 Å². The molecule has 0 aliphatic rings. The van der Waals surface area contributed by atoms with E-state index >= 15 is 0 Å². The zero-order valence-corrected chi connectivity index (χ0v) is 11.1. The van der Waals surface area contributed by atoms with Crippen molar-refractivity contribution >= 4 is 11.7 Å². The second kappa shape index (κ2) is 6.27. The Morgan fingerprint density at radius 2 is 2.12 bits per heavy atom. The van der Waals surface area contributed by atoms with Crippen molar-refractivity contribution in [3.8, 4) is 0 Å². The standard InChI is InChI=1S/C12H22N4O/c1-5-15(6-2)12(17)10(4)13-11-8-9-16(7-3)14-11/h8-10H,5-7H2,1-4H3,(H,13,14). The average molecular weight is 238 g/mol. The van der Waals surface area contributed by atoms with Crippen LogP contribution in [0.25, 0.3) is 0 Å². The molecule has 96 valence electrons. The van der Waals surface area contributed by atoms with Gasteiger partial charge in [-0.25, -0.2) is 0 Å². The van der Waals surface area contributed by atoms with Gasteiger partial charge in [-0.3, -0.25) is 9.48 Å². The van der Waals surface area contributed by atoms with E-state index in [-0.39, 0.29) is 11.9 Å². The summed E-state index contributed by atoms with van der Waals surface area (Å²) in [6, 6.07) is 1.64. The van der Waals surface area contributed by atoms with Crippen LogP contribution in [0.1, 0.15) is 27.7 Å². The van der Waals surface area contributed by atoms with E-state index in [9.17, 15) is 4.79 Å². The number of likely N-dealkylation sites (N-methyl/N-ethyl adjacent to an activating group) is 1. The SMILES string of the molecule is CCN(CC)C(=O)C(C)Nc1ccn(CC)n1. The lowest BCUT2D eigenvalue weighted by molar-refractivity contribution is -0.131. The zero-order chi connectivity index (χ0) is 12.8. The molecular weight excluding hydrogens is 216 g/mol. The van der Waals surface area contributed by atoms with Crippen LogP contribution in [-0.2, 0) is 11.3 Å². The average Bonchev–Trinajstić information content (AvgIpc) is 2.78. The number of hydrogen-bond acceptors (Lipinski definition) is 3. The molecule has 1 amide bonds. The van der Waals surface area contributed by atoms with Gasteiger partial charge in [-0.15, -0.1) is 0 Å². The van der Waals surface area contributed by atoms with Crippen molar-refractivity contribution in [2.75, 3.05) is 18.4 Å². The normalized spacial score (nSPS) is 12.2. The van der Waals surface area contributed by atoms with E-state index in [4.69, 9.17) is 0 Å². The molecule has 1 aromatic heterocycles. The third kappa shape index (κ3) is 3.47. The third-order valence-electron chi connectivity index (χ3n) is 2.77. The molecule has 0 radical (unpaired) electrons. The van der Waals surface area contributed by atoms with Crippen LogP contribution in [0, 0.1) is 0 Å². The van der Waals surface area contributed by atoms with Crippen molar-refractivity contribution in [1.82, 2.24) is 14.7 Å². The van der Waals surface area contributed by atoms with Gasteiger partial charge in [-0.1, -0.05) is 0 Å². The number of nitrogens with zero attached hydrogens (tertiary/aromatic N) is 3. The van der Waals surface area contributed by atoms with Gasteiger partial charge in [-0.05, 0) is 27.7 Å². The minimum atomic E-state index is -0.241. The summed E-state index contributed by atoms with van der Waals surface area (Å²) in [6.45, 7) is 10.2. The summed E-state index contributed by atoms with van der Waals surface area (Å²) < 4.78 is 1.83. The maximum Gasteiger partial charge on any atom is 0.244 e. The van der Waals surface area contributed by atoms with Crippen molar-refractivity contribution < 1.29 is 4.79 Å². The lowest BCUT2D eigenvalue weighted by Gasteiger charge is -2.23. The molecule has 1 atom stereocenters. The van der Waals surface area contributed by atoms with Gasteiger partial charge in [0.2, 0.25) is 5.91 Å². The number of carbonyl (C=O) groups is 1. The maximum absolute atomic E-state index is 12.0. The number of amides is 1. The number of anilines is 1. The number of rotatable bonds is 6. The van der Waals surface area contributed by atoms with E-state index in [1.54, 1.807) is 0 Å². The summed E-state index contributed by atoms with van der Waals surface area (Å²) in [5.74, 6) is 0.862. The van der Waals surface area contributed by atoms with Crippen LogP contribution >= 0.6 is 0 Å². The number of nitrogens with one attached hydrogen (secondary N) is 1. The second-order valence-electron chi connectivity index (χ2n) is 3.93. The molecule has 5 nitrogen and oxygen atoms in total. The minimum absolute atomic E-state index is 0.112. The number of hydrogen-bond donors (Lipinski definition) is 1. The summed E-state index contributed by atoms with van der Waals surface area (Å²) in [4.78, 5) is 13.8. The van der Waals surface area contributed by atoms with Gasteiger partial charge >= 0.3 is 0 Å². The van der Waals surface area contributed by atoms with Crippen molar-refractivity contribution in [3.63, 3.8) is 0 Å². The first kappa shape index (κ1) is 13.5. The van der Waals surface area contributed by atoms with Gasteiger partial charge in [-0.2, -0.15) is 5.10 Å². The van der Waals surface area contributed by atoms with Gasteiger partial charge in [0.25, 0.3) is 0 Å². The van der Waals surface area contributed by atoms with Gasteiger partial charge < -0.3 is 10.2 Å². The molecular formula is C12H22N4O. The van der Waals surface area contributed by atoms with Crippen LogP contribution in [0.4, 0.5) is 5.82 Å². The van der Waals surface area contributed by atoms with E-state index in [0.29, 0.717) is 0 Å². The Morgan fingerprint density at radius 3 is 2.59 bits per heavy atom. The fraction of sp³-hybridized carbons (Fsp3) is 0.667. The molecule has 1 aromatic rings. The van der Waals surface area contributed by atoms with Crippen LogP contribution in [0.5, 0.6) is 0 Å². The number of aromatic nitrogens is 2. The first-order valence-corrected chi connectivity index (χ1v) is 6.21. The van der Waals surface area contributed by atoms with Crippen molar-refractivity contribution in [1.29, 1.82) is 0 Å². The Morgan fingerprint density at radius 1 is 1.47 bits per heavy atom. The highest BCUT2D eigenvalue weighted by Gasteiger charge is 2.18. The van der Waals surface area contributed by atoms with Crippen LogP contribution in [-0.4, -0.2) is 39.7 Å². The summed E-state index contributed by atoms with van der Waals surface area (Å²) in [5.41, 5.74) is 0. The molecule has 0 fully saturated rings. The molecule has 0 saturated carbocycles. The first-order chi connectivity index (χ1) is 8.12. The highest BCUT2D eigenvalue weighted by atomic mass is 16.2. The Balaban J connectivity index is 2.58. The highest BCUT2D eigenvalue weighted by Crippen LogP contribution is 2.06. The topological polar surface area (TPSA) is 50.2 Å². The van der Waals surface area contributed by atoms with Gasteiger partial charge in [0.1, 0.15) is 11.9 Å². The van der Waals surface area contributed by atoms with E-state index in [1.165, 1.54) is 0 Å². The van der Waals surface area contributed by atoms with Crippen LogP contribution < -0.4 is 5.32 Å². The molecule has 0 bridgehead atoms. The maximum atomic E-state index is 12.0. The van der Waals surface area contributed by atoms with Crippen LogP contribution in [0.2, 0.25) is 0 Å². The Hall–Kier alpha value is -1.52. The van der Waals surface area contributed by atoms with E-state index in [2.05, 4.69) is 10.4 Å². The summed E-state index contributed by atoms with van der Waals surface area (Å²) in [7, 11) is 0. The quantitative estimate of drug-likeness (QED) is 0.818. The van der Waals surface area contributed by atoms with Crippen molar-refractivity contribution in [2.45, 2.75) is 40.3 Å². The molecule has 1 heterocycles. The molecule has 1 rings (SSSR count). The smallest absolute Gasteiger partial charge is 0.244 e. The fourth-order valence-corrected chi connectivity index (χ4v) is 1.71. The highest BCUT2D eigenvalue weighted by molar-refractivity contribution is 5.83. The Bertz CT molecular complexity index is 357. The zero-order valence-electron chi connectivity index (χ0n) is 11.1. The number of carbonyl (C=O) groups excluding carboxylic acids is 1. The predicted octanol–water partition coefficient (Wildman–Crippen LogP) is 1.57. The lowest BCUT2D eigenvalue weighted by atomic mass is 10.3. The molecule has 0 aliphatic heterocycles. The van der Waals surface area contributed by atoms with Gasteiger partial charge in [0.05, 0.1) is 0 Å². The number of aryl methyl sites for hydroxylation is 1. The summed E-state index contributed by atoms with van der Waals surface area (Å²) >= 11 is 0. The van der Waals surface area contributed by atoms with Crippen LogP contribution in [0.3, 0.4) is 0 Å². The van der Waals surface area contributed by atoms with Gasteiger partial charge in [0, 0.05) is 31.9 Å². The molecule has 0 aliphatic carbocycles. The summed E-state index contributed by atoms with van der Waals surface area (Å²) in [5, 5.41) is 7.42. The van der Waals surface area contributed by atoms with Crippen molar-refractivity contribution in [2.24, 2.45) is 0 Å². The molecule has 17 heavy (non-hydrogen) atoms. The van der Waals surface area contributed by atoms with Crippen LogP contribution in [0.15, 0.2) is 12.3 Å². The van der Waals surface area contributed by atoms with Gasteiger partial charge in [0.15, 0.2) is 0 Å². The van der Waals surface area contributed by atoms with E-state index in [1.807, 2.05) is 49.5 Å². The predicted molar refractivity (Wildman–Crippen MR) is 68.9 cm³/mol. The first-order valence-electron chi connectivity index (χ1n) is 6.21. The molecule has 0 saturated heterocycles. The van der Waals surface area contributed by atoms with E-state index in [0.717, 1.165) is 25.5 Å². The second-order valence-corrected chi connectivity index (χ2v) is 3.93. The monoisotopic (exact) mass is 238 g/mol. The Kier molecular flexibility index (Phi) is 5.00. The molecule has 0 spiro atoms. The molecule has 1 N–H and O–H groups in total. The minimum Gasteiger partial charge on any atom is -0.357 e. The van der Waals surface area contributed by atoms with E-state index < -0.39 is 0 Å². The molecule has 0 aromatic carbocycles. The third-order valence-corrected chi connectivity index (χ3v) is 2.77. The fourth-order valence-electron chi connectivity index (χ4n) is 1.71. The lowest BCUT2D eigenvalue weighted by Crippen LogP contribution is -2.41. The molecule has 5 heteroatoms. The largest absolute Gasteiger partial charge is 0.357 e. The Labute approximate surface area is 103 Å².